The minimum atomic E-state index is -1.18. The van der Waals surface area contributed by atoms with Crippen LogP contribution in [0.4, 0.5) is 5.69 Å². The summed E-state index contributed by atoms with van der Waals surface area (Å²) in [5.74, 6) is -5.04. The number of hydrogen-bond donors (Lipinski definition) is 2. The smallest absolute Gasteiger partial charge is 0.335 e. The second-order valence-corrected chi connectivity index (χ2v) is 11.3. The number of amides is 2. The number of nitrogens with zero attached hydrogens (tertiary/aromatic N) is 1. The van der Waals surface area contributed by atoms with Gasteiger partial charge in [0.2, 0.25) is 17.6 Å². The number of hydrogen-bond acceptors (Lipinski definition) is 8. The third kappa shape index (κ3) is 4.45. The number of methoxy groups -OCH3 is 2. The molecular formula is C34H29NO9. The van der Waals surface area contributed by atoms with Gasteiger partial charge in [0.1, 0.15) is 0 Å². The molecule has 6 rings (SSSR count). The Morgan fingerprint density at radius 3 is 2.36 bits per heavy atom. The predicted molar refractivity (Wildman–Crippen MR) is 158 cm³/mol. The third-order valence-electron chi connectivity index (χ3n) is 8.95. The van der Waals surface area contributed by atoms with E-state index in [1.807, 2.05) is 6.08 Å². The number of carboxylic acids is 1. The normalized spacial score (nSPS) is 24.6. The molecule has 1 fully saturated rings. The number of ether oxygens (including phenoxy) is 2. The zero-order valence-corrected chi connectivity index (χ0v) is 24.2. The molecule has 1 heterocycles. The zero-order chi connectivity index (χ0) is 31.4. The molecule has 1 aliphatic heterocycles. The summed E-state index contributed by atoms with van der Waals surface area (Å²) in [5.41, 5.74) is 2.51. The monoisotopic (exact) mass is 595 g/mol. The number of aromatic carboxylic acids is 1. The molecule has 10 heteroatoms. The van der Waals surface area contributed by atoms with E-state index in [0.29, 0.717) is 22.3 Å². The number of Topliss-reactive ketones (excluding diaryl/α,β-unsaturated/α-hetero) is 1. The molecule has 2 aromatic rings. The highest BCUT2D eigenvalue weighted by molar-refractivity contribution is 6.25. The fourth-order valence-corrected chi connectivity index (χ4v) is 6.89. The highest BCUT2D eigenvalue weighted by Gasteiger charge is 2.56. The lowest BCUT2D eigenvalue weighted by atomic mass is 9.60. The van der Waals surface area contributed by atoms with E-state index < -0.39 is 41.5 Å². The minimum Gasteiger partial charge on any atom is -0.502 e. The van der Waals surface area contributed by atoms with Crippen molar-refractivity contribution in [1.29, 1.82) is 0 Å². The number of phenolic OH excluding ortho intramolecular Hbond substituents is 1. The largest absolute Gasteiger partial charge is 0.502 e. The second-order valence-electron chi connectivity index (χ2n) is 11.3. The summed E-state index contributed by atoms with van der Waals surface area (Å²) >= 11 is 0. The Hall–Kier alpha value is -5.25. The van der Waals surface area contributed by atoms with Crippen molar-refractivity contribution >= 4 is 41.1 Å². The van der Waals surface area contributed by atoms with E-state index in [9.17, 15) is 34.2 Å². The molecule has 0 bridgehead atoms. The molecule has 2 aromatic carbocycles. The molecule has 0 aromatic heterocycles. The topological polar surface area (TPSA) is 148 Å². The fraction of sp³-hybridized carbons (Fsp3) is 0.265. The number of imide groups is 1. The van der Waals surface area contributed by atoms with Gasteiger partial charge in [0.05, 0.1) is 37.3 Å². The molecule has 0 radical (unpaired) electrons. The van der Waals surface area contributed by atoms with Crippen LogP contribution in [0.25, 0.3) is 6.08 Å². The van der Waals surface area contributed by atoms with Crippen LogP contribution in [0.2, 0.25) is 0 Å². The Morgan fingerprint density at radius 2 is 1.70 bits per heavy atom. The number of rotatable bonds is 6. The van der Waals surface area contributed by atoms with Crippen LogP contribution < -0.4 is 14.4 Å². The number of ketones is 2. The Bertz CT molecular complexity index is 1770. The molecule has 10 nitrogen and oxygen atoms in total. The van der Waals surface area contributed by atoms with E-state index in [1.54, 1.807) is 31.2 Å². The summed E-state index contributed by atoms with van der Waals surface area (Å²) in [6, 6.07) is 8.91. The number of fused-ring (bicyclic) bond motifs is 3. The SMILES string of the molecule is COc1cc(C=CC2C3=CCC4C(=O)N(c5cccc(C(=O)O)c5)C(=O)C4C3CC3=C2C(=O)C(C)=CC3=O)cc(OC)c1O. The maximum atomic E-state index is 14.0. The summed E-state index contributed by atoms with van der Waals surface area (Å²) in [6.45, 7) is 1.60. The molecule has 4 aliphatic rings. The summed E-state index contributed by atoms with van der Waals surface area (Å²) < 4.78 is 10.6. The van der Waals surface area contributed by atoms with E-state index in [4.69, 9.17) is 9.47 Å². The quantitative estimate of drug-likeness (QED) is 0.284. The molecule has 4 atom stereocenters. The van der Waals surface area contributed by atoms with Crippen LogP contribution in [-0.4, -0.2) is 53.8 Å². The maximum absolute atomic E-state index is 14.0. The van der Waals surface area contributed by atoms with E-state index in [2.05, 4.69) is 0 Å². The molecule has 2 N–H and O–H groups in total. The van der Waals surface area contributed by atoms with Crippen molar-refractivity contribution in [3.05, 3.63) is 88.0 Å². The zero-order valence-electron chi connectivity index (χ0n) is 24.2. The lowest BCUT2D eigenvalue weighted by Crippen LogP contribution is -2.40. The van der Waals surface area contributed by atoms with Crippen molar-refractivity contribution in [3.63, 3.8) is 0 Å². The standard InChI is InChI=1S/C34H29NO9/c1-16-11-25(36)24-15-23-20(21(28(24)30(16)37)8-7-17-12-26(43-2)31(38)27(13-17)44-3)9-10-22-29(23)33(40)35(32(22)39)19-6-4-5-18(14-19)34(41)42/h4-9,11-14,21-23,29,38H,10,15H2,1-3H3,(H,41,42). The van der Waals surface area contributed by atoms with Crippen molar-refractivity contribution in [3.8, 4) is 17.2 Å². The van der Waals surface area contributed by atoms with Gasteiger partial charge in [0.15, 0.2) is 23.1 Å². The number of carboxylic acid groups (broad SMARTS) is 1. The van der Waals surface area contributed by atoms with Crippen molar-refractivity contribution in [2.24, 2.45) is 23.7 Å². The fourth-order valence-electron chi connectivity index (χ4n) is 6.89. The Labute approximate surface area is 252 Å². The van der Waals surface area contributed by atoms with Crippen molar-refractivity contribution in [2.45, 2.75) is 19.8 Å². The van der Waals surface area contributed by atoms with Crippen molar-refractivity contribution in [2.75, 3.05) is 19.1 Å². The predicted octanol–water partition coefficient (Wildman–Crippen LogP) is 4.29. The van der Waals surface area contributed by atoms with Crippen LogP contribution in [0, 0.1) is 23.7 Å². The van der Waals surface area contributed by atoms with Crippen LogP contribution in [0.3, 0.4) is 0 Å². The van der Waals surface area contributed by atoms with E-state index in [0.717, 1.165) is 10.5 Å². The van der Waals surface area contributed by atoms with Crippen LogP contribution in [-0.2, 0) is 19.2 Å². The molecule has 0 saturated carbocycles. The first-order valence-corrected chi connectivity index (χ1v) is 14.1. The van der Waals surface area contributed by atoms with Gasteiger partial charge in [0, 0.05) is 22.6 Å². The summed E-state index contributed by atoms with van der Waals surface area (Å²) in [5, 5.41) is 19.8. The highest BCUT2D eigenvalue weighted by Crippen LogP contribution is 2.53. The average molecular weight is 596 g/mol. The van der Waals surface area contributed by atoms with Crippen molar-refractivity contribution < 1.29 is 43.7 Å². The summed E-state index contributed by atoms with van der Waals surface area (Å²) in [4.78, 5) is 67.1. The lowest BCUT2D eigenvalue weighted by Gasteiger charge is -2.41. The van der Waals surface area contributed by atoms with Gasteiger partial charge >= 0.3 is 5.97 Å². The van der Waals surface area contributed by atoms with Gasteiger partial charge in [-0.1, -0.05) is 29.9 Å². The van der Waals surface area contributed by atoms with Gasteiger partial charge in [-0.3, -0.25) is 24.1 Å². The van der Waals surface area contributed by atoms with Crippen LogP contribution in [0.5, 0.6) is 17.2 Å². The Balaban J connectivity index is 1.43. The summed E-state index contributed by atoms with van der Waals surface area (Å²) in [6.07, 6.45) is 7.13. The number of allylic oxidation sites excluding steroid dienone is 7. The third-order valence-corrected chi connectivity index (χ3v) is 8.95. The first kappa shape index (κ1) is 28.9. The maximum Gasteiger partial charge on any atom is 0.335 e. The van der Waals surface area contributed by atoms with Crippen LogP contribution in [0.15, 0.2) is 76.9 Å². The van der Waals surface area contributed by atoms with E-state index >= 15 is 0 Å². The molecule has 0 spiro atoms. The minimum absolute atomic E-state index is 0.0505. The first-order valence-electron chi connectivity index (χ1n) is 14.1. The first-order chi connectivity index (χ1) is 21.0. The number of benzene rings is 2. The second kappa shape index (κ2) is 10.8. The number of aromatic hydroxyl groups is 1. The number of carbonyl (C=O) groups excluding carboxylic acids is 4. The Morgan fingerprint density at radius 1 is 1.00 bits per heavy atom. The van der Waals surface area contributed by atoms with Gasteiger partial charge < -0.3 is 19.7 Å². The van der Waals surface area contributed by atoms with Gasteiger partial charge in [-0.15, -0.1) is 0 Å². The van der Waals surface area contributed by atoms with Crippen LogP contribution >= 0.6 is 0 Å². The number of phenols is 1. The molecule has 3 aliphatic carbocycles. The number of carbonyl (C=O) groups is 5. The molecule has 224 valence electrons. The molecule has 4 unspecified atom stereocenters. The Kier molecular flexibility index (Phi) is 7.07. The van der Waals surface area contributed by atoms with Gasteiger partial charge in [-0.2, -0.15) is 0 Å². The van der Waals surface area contributed by atoms with Crippen LogP contribution in [0.1, 0.15) is 35.7 Å². The number of anilines is 1. The van der Waals surface area contributed by atoms with Crippen molar-refractivity contribution in [1.82, 2.24) is 0 Å². The molecular weight excluding hydrogens is 566 g/mol. The van der Waals surface area contributed by atoms with Gasteiger partial charge in [-0.05, 0) is 67.7 Å². The molecule has 1 saturated heterocycles. The van der Waals surface area contributed by atoms with Gasteiger partial charge in [0.25, 0.3) is 0 Å². The summed E-state index contributed by atoms with van der Waals surface area (Å²) in [7, 11) is 2.83. The average Bonchev–Trinajstić information content (AvgIpc) is 3.27. The molecule has 44 heavy (non-hydrogen) atoms. The van der Waals surface area contributed by atoms with E-state index in [1.165, 1.54) is 44.6 Å². The molecule has 2 amide bonds. The van der Waals surface area contributed by atoms with Gasteiger partial charge in [-0.25, -0.2) is 4.79 Å². The van der Waals surface area contributed by atoms with E-state index in [-0.39, 0.29) is 52.9 Å². The lowest BCUT2D eigenvalue weighted by molar-refractivity contribution is -0.123. The highest BCUT2D eigenvalue weighted by atomic mass is 16.5.